The van der Waals surface area contributed by atoms with Crippen LogP contribution in [-0.4, -0.2) is 16.6 Å². The molecule has 47 heavy (non-hydrogen) atoms. The molecule has 224 valence electrons. The number of allylic oxidation sites excluding steroid dienone is 2. The van der Waals surface area contributed by atoms with Crippen LogP contribution in [0.2, 0.25) is 0 Å². The summed E-state index contributed by atoms with van der Waals surface area (Å²) >= 11 is 1.93. The molecule has 0 spiro atoms. The van der Waals surface area contributed by atoms with E-state index in [9.17, 15) is 0 Å². The molecule has 7 aromatic rings. The zero-order valence-corrected chi connectivity index (χ0v) is 27.0. The van der Waals surface area contributed by atoms with E-state index in [1.807, 2.05) is 11.3 Å². The van der Waals surface area contributed by atoms with E-state index in [4.69, 9.17) is 4.99 Å². The average Bonchev–Trinajstić information content (AvgIpc) is 3.75. The number of rotatable bonds is 2. The number of aliphatic imine (C=N–C) groups is 1. The van der Waals surface area contributed by atoms with Crippen LogP contribution in [-0.2, 0) is 5.41 Å². The van der Waals surface area contributed by atoms with Crippen molar-refractivity contribution in [3.8, 4) is 21.6 Å². The SMILES string of the molecule is CC1(C)c2ccccc2-c2sc3c(ccc4c5ccccc5n(C5=NC(c6ccc(-c7ccccc7)cc6)=C6C=CC=CC6N5)c43)c21. The second kappa shape index (κ2) is 9.78. The lowest BCUT2D eigenvalue weighted by atomic mass is 9.81. The van der Waals surface area contributed by atoms with Gasteiger partial charge in [0.05, 0.1) is 27.5 Å². The van der Waals surface area contributed by atoms with Crippen molar-refractivity contribution in [3.63, 3.8) is 0 Å². The van der Waals surface area contributed by atoms with Crippen molar-refractivity contribution < 1.29 is 0 Å². The quantitative estimate of drug-likeness (QED) is 0.204. The summed E-state index contributed by atoms with van der Waals surface area (Å²) in [6.07, 6.45) is 8.69. The summed E-state index contributed by atoms with van der Waals surface area (Å²) in [5.41, 5.74) is 12.3. The molecule has 3 aliphatic rings. The molecule has 3 nitrogen and oxygen atoms in total. The van der Waals surface area contributed by atoms with Gasteiger partial charge >= 0.3 is 0 Å². The molecule has 0 saturated carbocycles. The summed E-state index contributed by atoms with van der Waals surface area (Å²) in [5.74, 6) is 0.854. The zero-order valence-electron chi connectivity index (χ0n) is 26.2. The van der Waals surface area contributed by atoms with Crippen molar-refractivity contribution in [1.29, 1.82) is 0 Å². The average molecular weight is 622 g/mol. The molecule has 10 rings (SSSR count). The molecule has 0 saturated heterocycles. The van der Waals surface area contributed by atoms with Gasteiger partial charge in [0.15, 0.2) is 0 Å². The minimum Gasteiger partial charge on any atom is -0.345 e. The van der Waals surface area contributed by atoms with Crippen LogP contribution in [0.3, 0.4) is 0 Å². The number of para-hydroxylation sites is 1. The highest BCUT2D eigenvalue weighted by molar-refractivity contribution is 7.23. The summed E-state index contributed by atoms with van der Waals surface area (Å²) < 4.78 is 3.71. The van der Waals surface area contributed by atoms with Gasteiger partial charge in [0, 0.05) is 32.2 Å². The number of nitrogens with one attached hydrogen (secondary N) is 1. The smallest absolute Gasteiger partial charge is 0.209 e. The maximum absolute atomic E-state index is 5.48. The van der Waals surface area contributed by atoms with Crippen molar-refractivity contribution in [1.82, 2.24) is 9.88 Å². The molecule has 1 atom stereocenters. The number of hydrogen-bond acceptors (Lipinski definition) is 3. The monoisotopic (exact) mass is 621 g/mol. The predicted octanol–water partition coefficient (Wildman–Crippen LogP) is 10.7. The van der Waals surface area contributed by atoms with E-state index in [-0.39, 0.29) is 11.5 Å². The number of benzene rings is 5. The minimum atomic E-state index is -0.0642. The number of fused-ring (bicyclic) bond motifs is 10. The van der Waals surface area contributed by atoms with Crippen LogP contribution in [0.15, 0.2) is 150 Å². The van der Waals surface area contributed by atoms with Crippen molar-refractivity contribution in [2.45, 2.75) is 25.3 Å². The van der Waals surface area contributed by atoms with Gasteiger partial charge in [-0.15, -0.1) is 11.3 Å². The van der Waals surface area contributed by atoms with Crippen LogP contribution in [0.4, 0.5) is 0 Å². The van der Waals surface area contributed by atoms with Gasteiger partial charge in [-0.05, 0) is 39.3 Å². The Bertz CT molecular complexity index is 2550. The third kappa shape index (κ3) is 3.76. The Labute approximate surface area is 277 Å². The molecule has 1 aliphatic heterocycles. The Kier molecular flexibility index (Phi) is 5.56. The van der Waals surface area contributed by atoms with E-state index < -0.39 is 0 Å². The fourth-order valence-electron chi connectivity index (χ4n) is 8.03. The molecular formula is C43H31N3S. The van der Waals surface area contributed by atoms with Crippen molar-refractivity contribution in [2.75, 3.05) is 0 Å². The van der Waals surface area contributed by atoms with E-state index in [2.05, 4.69) is 163 Å². The van der Waals surface area contributed by atoms with Crippen LogP contribution < -0.4 is 5.32 Å². The molecule has 2 aliphatic carbocycles. The fraction of sp³-hybridized carbons (Fsp3) is 0.0930. The second-order valence-electron chi connectivity index (χ2n) is 13.2. The first-order valence-electron chi connectivity index (χ1n) is 16.3. The highest BCUT2D eigenvalue weighted by Crippen LogP contribution is 2.56. The van der Waals surface area contributed by atoms with Gasteiger partial charge in [0.1, 0.15) is 0 Å². The Morgan fingerprint density at radius 3 is 2.30 bits per heavy atom. The van der Waals surface area contributed by atoms with Crippen LogP contribution in [0.25, 0.3) is 59.2 Å². The first kappa shape index (κ1) is 26.7. The molecule has 4 heteroatoms. The Morgan fingerprint density at radius 1 is 0.702 bits per heavy atom. The number of aromatic nitrogens is 1. The van der Waals surface area contributed by atoms with Gasteiger partial charge in [-0.3, -0.25) is 4.57 Å². The Hall–Kier alpha value is -5.45. The normalized spacial score (nSPS) is 17.6. The van der Waals surface area contributed by atoms with E-state index in [0.29, 0.717) is 0 Å². The summed E-state index contributed by atoms with van der Waals surface area (Å²) in [6, 6.07) is 41.8. The molecule has 3 heterocycles. The van der Waals surface area contributed by atoms with E-state index in [1.165, 1.54) is 64.6 Å². The fourth-order valence-corrected chi connectivity index (χ4v) is 9.56. The van der Waals surface area contributed by atoms with Crippen LogP contribution in [0.1, 0.15) is 30.5 Å². The number of nitrogens with zero attached hydrogens (tertiary/aromatic N) is 2. The molecule has 1 unspecified atom stereocenters. The standard InChI is InChI=1S/C43H31N3S/c1-43(2)34-17-9-6-15-31(34)40-37(43)33-25-24-30-29-14-8-11-19-36(29)46(39(30)41(33)47-40)42-44-35-18-10-7-16-32(35)38(45-42)28-22-20-27(21-23-28)26-12-4-3-5-13-26/h3-25,35H,1-2H3,(H,44,45). The molecule has 0 amide bonds. The van der Waals surface area contributed by atoms with E-state index >= 15 is 0 Å². The zero-order chi connectivity index (χ0) is 31.3. The second-order valence-corrected chi connectivity index (χ2v) is 14.2. The molecule has 5 aromatic carbocycles. The van der Waals surface area contributed by atoms with Gasteiger partial charge in [0.2, 0.25) is 5.96 Å². The highest BCUT2D eigenvalue weighted by Gasteiger charge is 2.39. The number of thiophene rings is 1. The van der Waals surface area contributed by atoms with Crippen LogP contribution >= 0.6 is 11.3 Å². The molecule has 0 bridgehead atoms. The first-order chi connectivity index (χ1) is 23.1. The summed E-state index contributed by atoms with van der Waals surface area (Å²) in [6.45, 7) is 4.75. The molecule has 1 N–H and O–H groups in total. The Balaban J connectivity index is 1.22. The van der Waals surface area contributed by atoms with Gasteiger partial charge in [-0.2, -0.15) is 0 Å². The van der Waals surface area contributed by atoms with Crippen molar-refractivity contribution in [3.05, 3.63) is 162 Å². The summed E-state index contributed by atoms with van der Waals surface area (Å²) in [7, 11) is 0. The first-order valence-corrected chi connectivity index (χ1v) is 17.1. The maximum atomic E-state index is 5.48. The lowest BCUT2D eigenvalue weighted by Gasteiger charge is -2.29. The van der Waals surface area contributed by atoms with Gasteiger partial charge in [-0.1, -0.05) is 147 Å². The largest absolute Gasteiger partial charge is 0.345 e. The third-order valence-electron chi connectivity index (χ3n) is 10.2. The molecule has 2 aromatic heterocycles. The van der Waals surface area contributed by atoms with E-state index in [0.717, 1.165) is 22.7 Å². The predicted molar refractivity (Wildman–Crippen MR) is 199 cm³/mol. The van der Waals surface area contributed by atoms with Gasteiger partial charge in [-0.25, -0.2) is 4.99 Å². The Morgan fingerprint density at radius 2 is 1.43 bits per heavy atom. The van der Waals surface area contributed by atoms with Gasteiger partial charge in [0.25, 0.3) is 0 Å². The third-order valence-corrected chi connectivity index (χ3v) is 11.5. The minimum absolute atomic E-state index is 0.0193. The van der Waals surface area contributed by atoms with Crippen LogP contribution in [0, 0.1) is 0 Å². The van der Waals surface area contributed by atoms with Crippen molar-refractivity contribution in [2.24, 2.45) is 4.99 Å². The van der Waals surface area contributed by atoms with Crippen LogP contribution in [0.5, 0.6) is 0 Å². The number of hydrogen-bond donors (Lipinski definition) is 1. The van der Waals surface area contributed by atoms with Gasteiger partial charge < -0.3 is 5.32 Å². The maximum Gasteiger partial charge on any atom is 0.209 e. The summed E-state index contributed by atoms with van der Waals surface area (Å²) in [5, 5.41) is 7.68. The van der Waals surface area contributed by atoms with E-state index in [1.54, 1.807) is 0 Å². The molecular weight excluding hydrogens is 591 g/mol. The molecule has 0 radical (unpaired) electrons. The lowest BCUT2D eigenvalue weighted by molar-refractivity contribution is 0.667. The molecule has 0 fully saturated rings. The lowest BCUT2D eigenvalue weighted by Crippen LogP contribution is -2.42. The topological polar surface area (TPSA) is 29.3 Å². The van der Waals surface area contributed by atoms with Crippen molar-refractivity contribution >= 4 is 54.9 Å². The highest BCUT2D eigenvalue weighted by atomic mass is 32.1. The summed E-state index contributed by atoms with van der Waals surface area (Å²) in [4.78, 5) is 6.88.